The van der Waals surface area contributed by atoms with Crippen molar-refractivity contribution < 1.29 is 44.0 Å². The van der Waals surface area contributed by atoms with Crippen molar-refractivity contribution >= 4 is 10.1 Å². The van der Waals surface area contributed by atoms with Crippen LogP contribution in [0.5, 0.6) is 0 Å². The van der Waals surface area contributed by atoms with Crippen LogP contribution in [0, 0.1) is 0 Å². The summed E-state index contributed by atoms with van der Waals surface area (Å²) in [5, 5.41) is 3.04. The van der Waals surface area contributed by atoms with E-state index in [1.54, 1.807) is 0 Å². The van der Waals surface area contributed by atoms with Crippen molar-refractivity contribution in [2.75, 3.05) is 18.8 Å². The van der Waals surface area contributed by atoms with E-state index in [-0.39, 0.29) is 36.7 Å². The van der Waals surface area contributed by atoms with Gasteiger partial charge >= 0.3 is 29.6 Å². The molecule has 0 aliphatic carbocycles. The Hall–Kier alpha value is 0.870. The van der Waals surface area contributed by atoms with E-state index in [9.17, 15) is 8.42 Å². The van der Waals surface area contributed by atoms with Crippen molar-refractivity contribution in [3.8, 4) is 0 Å². The van der Waals surface area contributed by atoms with Crippen molar-refractivity contribution in [1.82, 2.24) is 5.32 Å². The quantitative estimate of drug-likeness (QED) is 0.251. The zero-order valence-corrected chi connectivity index (χ0v) is 17.6. The van der Waals surface area contributed by atoms with Gasteiger partial charge in [-0.1, -0.05) is 77.6 Å². The second kappa shape index (κ2) is 18.2. The fourth-order valence-electron chi connectivity index (χ4n) is 2.42. The van der Waals surface area contributed by atoms with E-state index < -0.39 is 10.1 Å². The Balaban J connectivity index is -0.00000200. The number of rotatable bonds is 16. The smallest absolute Gasteiger partial charge is 1.00 e. The van der Waals surface area contributed by atoms with Crippen LogP contribution < -0.4 is 34.9 Å². The topological polar surface area (TPSA) is 66.4 Å². The molecule has 0 saturated heterocycles. The van der Waals surface area contributed by atoms with Crippen molar-refractivity contribution in [3.05, 3.63) is 0 Å². The van der Waals surface area contributed by atoms with Gasteiger partial charge in [-0.2, -0.15) is 8.42 Å². The van der Waals surface area contributed by atoms with Gasteiger partial charge in [0, 0.05) is 6.54 Å². The molecule has 0 spiro atoms. The van der Waals surface area contributed by atoms with Gasteiger partial charge in [-0.05, 0) is 13.0 Å². The molecular formula is C16H36NNaO3S. The van der Waals surface area contributed by atoms with Gasteiger partial charge in [-0.15, -0.1) is 0 Å². The predicted molar refractivity (Wildman–Crippen MR) is 91.5 cm³/mol. The molecule has 22 heavy (non-hydrogen) atoms. The van der Waals surface area contributed by atoms with Crippen LogP contribution in [-0.4, -0.2) is 31.8 Å². The van der Waals surface area contributed by atoms with Crippen LogP contribution in [0.4, 0.5) is 0 Å². The third kappa shape index (κ3) is 23.1. The first-order valence-electron chi connectivity index (χ1n) is 8.72. The maximum atomic E-state index is 10.5. The van der Waals surface area contributed by atoms with E-state index >= 15 is 0 Å². The normalized spacial score (nSPS) is 11.4. The van der Waals surface area contributed by atoms with Gasteiger partial charge in [0.25, 0.3) is 10.1 Å². The average Bonchev–Trinajstić information content (AvgIpc) is 2.42. The SMILES string of the molecule is CCCCCCCCCCCCCCNCCS(=O)(=O)O.[H-].[Na+]. The molecule has 6 heteroatoms. The van der Waals surface area contributed by atoms with E-state index in [4.69, 9.17) is 4.55 Å². The zero-order chi connectivity index (χ0) is 15.8. The van der Waals surface area contributed by atoms with Crippen LogP contribution in [0.1, 0.15) is 85.4 Å². The second-order valence-electron chi connectivity index (χ2n) is 5.93. The second-order valence-corrected chi connectivity index (χ2v) is 7.50. The molecular weight excluding hydrogens is 309 g/mol. The Morgan fingerprint density at radius 2 is 1.18 bits per heavy atom. The average molecular weight is 346 g/mol. The minimum atomic E-state index is -3.80. The monoisotopic (exact) mass is 345 g/mol. The van der Waals surface area contributed by atoms with Gasteiger partial charge in [0.05, 0.1) is 5.75 Å². The van der Waals surface area contributed by atoms with Crippen molar-refractivity contribution in [2.45, 2.75) is 84.0 Å². The van der Waals surface area contributed by atoms with E-state index in [0.29, 0.717) is 6.54 Å². The molecule has 0 amide bonds. The van der Waals surface area contributed by atoms with Crippen LogP contribution in [-0.2, 0) is 10.1 Å². The number of hydrogen-bond donors (Lipinski definition) is 2. The van der Waals surface area contributed by atoms with Crippen molar-refractivity contribution in [3.63, 3.8) is 0 Å². The van der Waals surface area contributed by atoms with Crippen LogP contribution in [0.3, 0.4) is 0 Å². The first-order chi connectivity index (χ1) is 10.1. The van der Waals surface area contributed by atoms with Crippen LogP contribution in [0.25, 0.3) is 0 Å². The van der Waals surface area contributed by atoms with Crippen molar-refractivity contribution in [1.29, 1.82) is 0 Å². The predicted octanol–water partition coefficient (Wildman–Crippen LogP) is 1.28. The summed E-state index contributed by atoms with van der Waals surface area (Å²) < 4.78 is 29.5. The summed E-state index contributed by atoms with van der Waals surface area (Å²) >= 11 is 0. The summed E-state index contributed by atoms with van der Waals surface area (Å²) in [7, 11) is -3.80. The van der Waals surface area contributed by atoms with E-state index in [0.717, 1.165) is 13.0 Å². The first kappa shape index (κ1) is 25.1. The van der Waals surface area contributed by atoms with Gasteiger partial charge < -0.3 is 6.74 Å². The molecule has 0 aliphatic heterocycles. The molecule has 0 saturated carbocycles. The summed E-state index contributed by atoms with van der Waals surface area (Å²) in [4.78, 5) is 0. The summed E-state index contributed by atoms with van der Waals surface area (Å²) in [5.74, 6) is -0.189. The van der Waals surface area contributed by atoms with E-state index in [1.807, 2.05) is 0 Å². The molecule has 0 fully saturated rings. The molecule has 0 aromatic rings. The third-order valence-electron chi connectivity index (χ3n) is 3.74. The van der Waals surface area contributed by atoms with Gasteiger partial charge in [0.2, 0.25) is 0 Å². The molecule has 4 nitrogen and oxygen atoms in total. The van der Waals surface area contributed by atoms with Crippen LogP contribution in [0.15, 0.2) is 0 Å². The Labute approximate surface area is 161 Å². The first-order valence-corrected chi connectivity index (χ1v) is 10.3. The molecule has 0 aromatic heterocycles. The van der Waals surface area contributed by atoms with Crippen molar-refractivity contribution in [2.24, 2.45) is 0 Å². The third-order valence-corrected chi connectivity index (χ3v) is 4.46. The Morgan fingerprint density at radius 3 is 1.59 bits per heavy atom. The molecule has 0 radical (unpaired) electrons. The van der Waals surface area contributed by atoms with E-state index in [1.165, 1.54) is 70.6 Å². The molecule has 0 unspecified atom stereocenters. The molecule has 130 valence electrons. The summed E-state index contributed by atoms with van der Waals surface area (Å²) in [6, 6.07) is 0. The number of nitrogens with one attached hydrogen (secondary N) is 1. The molecule has 0 aliphatic rings. The van der Waals surface area contributed by atoms with E-state index in [2.05, 4.69) is 12.2 Å². The fourth-order valence-corrected chi connectivity index (χ4v) is 2.82. The fraction of sp³-hybridized carbons (Fsp3) is 1.00. The number of hydrogen-bond acceptors (Lipinski definition) is 3. The Morgan fingerprint density at radius 1 is 0.773 bits per heavy atom. The zero-order valence-electron chi connectivity index (χ0n) is 15.8. The maximum Gasteiger partial charge on any atom is 1.00 e. The van der Waals surface area contributed by atoms with Gasteiger partial charge in [-0.3, -0.25) is 4.55 Å². The molecule has 0 bridgehead atoms. The number of unbranched alkanes of at least 4 members (excludes halogenated alkanes) is 11. The minimum absolute atomic E-state index is 0. The molecule has 0 rings (SSSR count). The summed E-state index contributed by atoms with van der Waals surface area (Å²) in [6.07, 6.45) is 15.9. The standard InChI is InChI=1S/C16H35NO3S.Na.H/c1-2-3-4-5-6-7-8-9-10-11-12-13-14-17-15-16-21(18,19)20;;/h17H,2-16H2,1H3,(H,18,19,20);;/q;+1;-1. The van der Waals surface area contributed by atoms with Crippen LogP contribution >= 0.6 is 0 Å². The largest absolute Gasteiger partial charge is 1.00 e. The molecule has 0 heterocycles. The Kier molecular flexibility index (Phi) is 20.8. The summed E-state index contributed by atoms with van der Waals surface area (Å²) in [5.41, 5.74) is 0. The van der Waals surface area contributed by atoms with Gasteiger partial charge in [0.1, 0.15) is 0 Å². The summed E-state index contributed by atoms with van der Waals surface area (Å²) in [6.45, 7) is 3.44. The molecule has 2 N–H and O–H groups in total. The molecule has 0 aromatic carbocycles. The maximum absolute atomic E-state index is 10.5. The molecule has 0 atom stereocenters. The van der Waals surface area contributed by atoms with Crippen LogP contribution in [0.2, 0.25) is 0 Å². The Bertz CT molecular complexity index is 316. The van der Waals surface area contributed by atoms with Gasteiger partial charge in [0.15, 0.2) is 0 Å². The minimum Gasteiger partial charge on any atom is -1.00 e. The van der Waals surface area contributed by atoms with Gasteiger partial charge in [-0.25, -0.2) is 0 Å².